The molecule has 0 spiro atoms. The molecule has 3 nitrogen and oxygen atoms in total. The van der Waals surface area contributed by atoms with E-state index >= 15 is 0 Å². The van der Waals surface area contributed by atoms with Gasteiger partial charge < -0.3 is 0 Å². The van der Waals surface area contributed by atoms with Gasteiger partial charge in [-0.05, 0) is 29.8 Å². The third-order valence-electron chi connectivity index (χ3n) is 3.36. The molecule has 22 heavy (non-hydrogen) atoms. The quantitative estimate of drug-likeness (QED) is 0.398. The first-order valence-corrected chi connectivity index (χ1v) is 10.2. The van der Waals surface area contributed by atoms with Crippen molar-refractivity contribution in [2.45, 2.75) is 26.2 Å². The summed E-state index contributed by atoms with van der Waals surface area (Å²) in [6, 6.07) is 7.55. The number of carbonyl (C=O) groups is 1. The second-order valence-corrected chi connectivity index (χ2v) is 9.19. The number of rotatable bonds is 6. The van der Waals surface area contributed by atoms with E-state index in [4.69, 9.17) is 23.2 Å². The van der Waals surface area contributed by atoms with E-state index < -0.39 is 4.33 Å². The fourth-order valence-corrected chi connectivity index (χ4v) is 4.69. The van der Waals surface area contributed by atoms with Crippen molar-refractivity contribution in [3.63, 3.8) is 0 Å². The summed E-state index contributed by atoms with van der Waals surface area (Å²) in [6.45, 7) is 0. The highest BCUT2D eigenvalue weighted by atomic mass is 35.5. The summed E-state index contributed by atoms with van der Waals surface area (Å²) in [7, 11) is 0. The highest BCUT2D eigenvalue weighted by Gasteiger charge is 2.52. The molecule has 3 rings (SSSR count). The van der Waals surface area contributed by atoms with Crippen LogP contribution in [-0.4, -0.2) is 31.5 Å². The maximum Gasteiger partial charge on any atom is 0.200 e. The zero-order valence-corrected chi connectivity index (χ0v) is 15.5. The Morgan fingerprint density at radius 3 is 2.64 bits per heavy atom. The third kappa shape index (κ3) is 3.79. The lowest BCUT2D eigenvalue weighted by molar-refractivity contribution is 0.102. The largest absolute Gasteiger partial charge is 0.293 e. The van der Waals surface area contributed by atoms with Crippen LogP contribution in [0.25, 0.3) is 0 Å². The molecule has 0 bridgehead atoms. The van der Waals surface area contributed by atoms with Gasteiger partial charge in [0.25, 0.3) is 0 Å². The number of halogens is 2. The van der Waals surface area contributed by atoms with Gasteiger partial charge in [-0.3, -0.25) is 4.79 Å². The van der Waals surface area contributed by atoms with Gasteiger partial charge in [0, 0.05) is 11.5 Å². The van der Waals surface area contributed by atoms with Gasteiger partial charge in [0.2, 0.25) is 5.16 Å². The van der Waals surface area contributed by atoms with Gasteiger partial charge in [-0.2, -0.15) is 4.37 Å². The molecule has 0 aliphatic heterocycles. The maximum absolute atomic E-state index is 12.2. The Kier molecular flexibility index (Phi) is 5.04. The standard InChI is InChI=1S/C14H12Cl2N2OS3/c1-20-12-17-13(22-18-12)21-7-11(19)9-4-2-8(3-5-9)10-6-14(10,15)16/h2-5,10H,6-7H2,1H3/t10-/m0/s1. The number of carbonyl (C=O) groups excluding carboxylic acids is 1. The van der Waals surface area contributed by atoms with Gasteiger partial charge in [0.15, 0.2) is 10.1 Å². The van der Waals surface area contributed by atoms with Crippen LogP contribution in [0.1, 0.15) is 28.3 Å². The third-order valence-corrected chi connectivity index (χ3v) is 6.69. The van der Waals surface area contributed by atoms with E-state index in [9.17, 15) is 4.79 Å². The first-order chi connectivity index (χ1) is 10.5. The molecule has 0 amide bonds. The second-order valence-electron chi connectivity index (χ2n) is 4.90. The van der Waals surface area contributed by atoms with Crippen LogP contribution in [0.5, 0.6) is 0 Å². The van der Waals surface area contributed by atoms with Crippen LogP contribution in [0.15, 0.2) is 33.8 Å². The van der Waals surface area contributed by atoms with Crippen LogP contribution in [0.3, 0.4) is 0 Å². The lowest BCUT2D eigenvalue weighted by atomic mass is 10.1. The van der Waals surface area contributed by atoms with E-state index in [2.05, 4.69) is 9.36 Å². The van der Waals surface area contributed by atoms with Gasteiger partial charge in [-0.15, -0.1) is 23.2 Å². The van der Waals surface area contributed by atoms with E-state index in [0.29, 0.717) is 11.3 Å². The molecule has 0 unspecified atom stereocenters. The fourth-order valence-electron chi connectivity index (χ4n) is 2.03. The molecule has 116 valence electrons. The molecular formula is C14H12Cl2N2OS3. The van der Waals surface area contributed by atoms with Crippen molar-refractivity contribution in [3.8, 4) is 0 Å². The van der Waals surface area contributed by atoms with Gasteiger partial charge in [0.05, 0.1) is 5.75 Å². The maximum atomic E-state index is 12.2. The number of aromatic nitrogens is 2. The molecule has 1 aliphatic rings. The van der Waals surface area contributed by atoms with Crippen LogP contribution < -0.4 is 0 Å². The molecule has 1 saturated carbocycles. The van der Waals surface area contributed by atoms with E-state index in [1.165, 1.54) is 35.1 Å². The molecule has 0 saturated heterocycles. The molecule has 1 atom stereocenters. The summed E-state index contributed by atoms with van der Waals surface area (Å²) in [5, 5.41) is 0.749. The second kappa shape index (κ2) is 6.69. The summed E-state index contributed by atoms with van der Waals surface area (Å²) in [4.78, 5) is 16.5. The number of hydrogen-bond acceptors (Lipinski definition) is 6. The van der Waals surface area contributed by atoms with Crippen molar-refractivity contribution in [3.05, 3.63) is 35.4 Å². The minimum absolute atomic E-state index is 0.0799. The monoisotopic (exact) mass is 390 g/mol. The van der Waals surface area contributed by atoms with Crippen molar-refractivity contribution in [1.82, 2.24) is 9.36 Å². The van der Waals surface area contributed by atoms with E-state index in [0.717, 1.165) is 21.5 Å². The van der Waals surface area contributed by atoms with Gasteiger partial charge in [-0.1, -0.05) is 47.8 Å². The Morgan fingerprint density at radius 2 is 2.09 bits per heavy atom. The number of benzene rings is 1. The molecule has 1 aromatic carbocycles. The van der Waals surface area contributed by atoms with E-state index in [1.807, 2.05) is 30.5 Å². The van der Waals surface area contributed by atoms with Crippen LogP contribution >= 0.6 is 58.3 Å². The van der Waals surface area contributed by atoms with Crippen LogP contribution in [0, 0.1) is 0 Å². The first-order valence-electron chi connectivity index (χ1n) is 6.51. The number of Topliss-reactive ketones (excluding diaryl/α,β-unsaturated/α-hetero) is 1. The average molecular weight is 391 g/mol. The van der Waals surface area contributed by atoms with Crippen molar-refractivity contribution < 1.29 is 4.79 Å². The summed E-state index contributed by atoms with van der Waals surface area (Å²) in [6.07, 6.45) is 2.70. The molecule has 0 N–H and O–H groups in total. The Labute approximate surface area is 151 Å². The SMILES string of the molecule is CSc1nsc(SCC(=O)c2ccc([C@@H]3CC3(Cl)Cl)cc2)n1. The minimum atomic E-state index is -0.631. The summed E-state index contributed by atoms with van der Waals surface area (Å²) in [5.41, 5.74) is 1.78. The van der Waals surface area contributed by atoms with Crippen LogP contribution in [0.2, 0.25) is 0 Å². The summed E-state index contributed by atoms with van der Waals surface area (Å²) >= 11 is 16.4. The van der Waals surface area contributed by atoms with Crippen LogP contribution in [0.4, 0.5) is 0 Å². The lowest BCUT2D eigenvalue weighted by Crippen LogP contribution is -2.02. The van der Waals surface area contributed by atoms with Crippen molar-refractivity contribution in [1.29, 1.82) is 0 Å². The minimum Gasteiger partial charge on any atom is -0.293 e. The molecule has 1 fully saturated rings. The number of hydrogen-bond donors (Lipinski definition) is 0. The molecule has 1 aliphatic carbocycles. The molecule has 0 radical (unpaired) electrons. The van der Waals surface area contributed by atoms with Crippen molar-refractivity contribution in [2.75, 3.05) is 12.0 Å². The number of alkyl halides is 2. The highest BCUT2D eigenvalue weighted by molar-refractivity contribution is 8.01. The number of ketones is 1. The Balaban J connectivity index is 1.58. The van der Waals surface area contributed by atoms with Crippen LogP contribution in [-0.2, 0) is 0 Å². The van der Waals surface area contributed by atoms with E-state index in [1.54, 1.807) is 0 Å². The van der Waals surface area contributed by atoms with E-state index in [-0.39, 0.29) is 11.7 Å². The average Bonchev–Trinajstić information content (AvgIpc) is 2.96. The molecule has 8 heteroatoms. The predicted molar refractivity (Wildman–Crippen MR) is 95.0 cm³/mol. The van der Waals surface area contributed by atoms with Gasteiger partial charge in [-0.25, -0.2) is 4.98 Å². The highest BCUT2D eigenvalue weighted by Crippen LogP contribution is 2.59. The zero-order chi connectivity index (χ0) is 15.7. The molecular weight excluding hydrogens is 379 g/mol. The first kappa shape index (κ1) is 16.6. The Bertz CT molecular complexity index is 688. The van der Waals surface area contributed by atoms with Crippen molar-refractivity contribution in [2.24, 2.45) is 0 Å². The summed E-state index contributed by atoms with van der Waals surface area (Å²) in [5.74, 6) is 0.623. The molecule has 1 aromatic heterocycles. The lowest BCUT2D eigenvalue weighted by Gasteiger charge is -2.03. The number of thioether (sulfide) groups is 2. The molecule has 2 aromatic rings. The number of nitrogens with zero attached hydrogens (tertiary/aromatic N) is 2. The van der Waals surface area contributed by atoms with Gasteiger partial charge in [0.1, 0.15) is 4.33 Å². The zero-order valence-electron chi connectivity index (χ0n) is 11.6. The molecule has 1 heterocycles. The smallest absolute Gasteiger partial charge is 0.200 e. The fraction of sp³-hybridized carbons (Fsp3) is 0.357. The Morgan fingerprint density at radius 1 is 1.41 bits per heavy atom. The Hall–Kier alpha value is -0.270. The normalized spacial score (nSPS) is 19.1. The predicted octanol–water partition coefficient (Wildman–Crippen LogP) is 4.90. The summed E-state index contributed by atoms with van der Waals surface area (Å²) < 4.78 is 4.36. The van der Waals surface area contributed by atoms with Gasteiger partial charge >= 0.3 is 0 Å². The topological polar surface area (TPSA) is 42.9 Å². The van der Waals surface area contributed by atoms with Crippen molar-refractivity contribution >= 4 is 64.0 Å².